The van der Waals surface area contributed by atoms with Crippen LogP contribution in [0.3, 0.4) is 0 Å². The van der Waals surface area contributed by atoms with Gasteiger partial charge in [-0.3, -0.25) is 9.59 Å². The van der Waals surface area contributed by atoms with Crippen molar-refractivity contribution in [3.63, 3.8) is 0 Å². The van der Waals surface area contributed by atoms with E-state index in [-0.39, 0.29) is 17.4 Å². The number of nitriles is 1. The van der Waals surface area contributed by atoms with E-state index in [4.69, 9.17) is 10.00 Å². The van der Waals surface area contributed by atoms with Gasteiger partial charge in [0.2, 0.25) is 0 Å². The molecule has 2 atom stereocenters. The summed E-state index contributed by atoms with van der Waals surface area (Å²) in [5, 5.41) is 15.4. The highest BCUT2D eigenvalue weighted by molar-refractivity contribution is 5.78. The zero-order valence-corrected chi connectivity index (χ0v) is 19.7. The van der Waals surface area contributed by atoms with Crippen LogP contribution in [0.5, 0.6) is 0 Å². The Kier molecular flexibility index (Phi) is 7.91. The molecular formula is C25H32N6O3. The van der Waals surface area contributed by atoms with Gasteiger partial charge in [-0.05, 0) is 50.7 Å². The van der Waals surface area contributed by atoms with Gasteiger partial charge in [-0.25, -0.2) is 10.1 Å². The third kappa shape index (κ3) is 5.81. The number of piperidine rings is 1. The van der Waals surface area contributed by atoms with Crippen molar-refractivity contribution in [2.75, 3.05) is 42.6 Å². The Morgan fingerprint density at radius 1 is 1.26 bits per heavy atom. The van der Waals surface area contributed by atoms with Gasteiger partial charge in [0.05, 0.1) is 36.7 Å². The van der Waals surface area contributed by atoms with E-state index in [9.17, 15) is 9.59 Å². The average Bonchev–Trinajstić information content (AvgIpc) is 3.32. The second-order valence-corrected chi connectivity index (χ2v) is 9.24. The number of hydrogen-bond acceptors (Lipinski definition) is 8. The second-order valence-electron chi connectivity index (χ2n) is 9.24. The van der Waals surface area contributed by atoms with Crippen LogP contribution in [-0.4, -0.2) is 59.9 Å². The Hall–Kier alpha value is -3.25. The normalized spacial score (nSPS) is 20.4. The minimum Gasteiger partial charge on any atom is -0.379 e. The Morgan fingerprint density at radius 3 is 2.91 bits per heavy atom. The quantitative estimate of drug-likeness (QED) is 0.563. The number of anilines is 2. The molecule has 0 aromatic carbocycles. The molecule has 2 aliphatic heterocycles. The first-order valence-electron chi connectivity index (χ1n) is 12.1. The van der Waals surface area contributed by atoms with Gasteiger partial charge in [0, 0.05) is 44.2 Å². The van der Waals surface area contributed by atoms with Crippen molar-refractivity contribution < 1.29 is 9.53 Å². The van der Waals surface area contributed by atoms with Crippen LogP contribution in [0.2, 0.25) is 0 Å². The number of aromatic nitrogens is 3. The van der Waals surface area contributed by atoms with Gasteiger partial charge in [-0.2, -0.15) is 10.4 Å². The molecule has 4 rings (SSSR count). The lowest BCUT2D eigenvalue weighted by atomic mass is 9.92. The fourth-order valence-corrected chi connectivity index (χ4v) is 4.97. The first-order chi connectivity index (χ1) is 16.5. The topological polar surface area (TPSA) is 115 Å². The molecule has 9 heteroatoms. The van der Waals surface area contributed by atoms with E-state index in [0.29, 0.717) is 43.1 Å². The molecule has 2 saturated heterocycles. The number of ketones is 1. The summed E-state index contributed by atoms with van der Waals surface area (Å²) in [6, 6.07) is 5.96. The molecule has 2 aliphatic rings. The lowest BCUT2D eigenvalue weighted by molar-refractivity contribution is -0.121. The van der Waals surface area contributed by atoms with Gasteiger partial charge in [-0.15, -0.1) is 0 Å². The third-order valence-corrected chi connectivity index (χ3v) is 6.84. The Labute approximate surface area is 199 Å². The van der Waals surface area contributed by atoms with Gasteiger partial charge < -0.3 is 14.5 Å². The molecule has 0 radical (unpaired) electrons. The van der Waals surface area contributed by atoms with Gasteiger partial charge in [0.15, 0.2) is 0 Å². The predicted molar refractivity (Wildman–Crippen MR) is 129 cm³/mol. The smallest absolute Gasteiger partial charge is 0.269 e. The number of pyridine rings is 1. The SMILES string of the molecule is Cc1c(N2CCC[C@H]2COCCC(=O)CC2CCCN(c3ccc(C#N)cn3)C2)cn[nH]c1=O. The van der Waals surface area contributed by atoms with E-state index >= 15 is 0 Å². The van der Waals surface area contributed by atoms with Crippen molar-refractivity contribution in [2.45, 2.75) is 51.5 Å². The maximum atomic E-state index is 12.6. The highest BCUT2D eigenvalue weighted by atomic mass is 16.5. The van der Waals surface area contributed by atoms with Crippen LogP contribution in [0.25, 0.3) is 0 Å². The summed E-state index contributed by atoms with van der Waals surface area (Å²) in [5.41, 5.74) is 1.93. The summed E-state index contributed by atoms with van der Waals surface area (Å²) in [6.45, 7) is 5.39. The van der Waals surface area contributed by atoms with E-state index in [1.165, 1.54) is 0 Å². The number of Topliss-reactive ketones (excluding diaryl/α,β-unsaturated/α-hetero) is 1. The fraction of sp³-hybridized carbons (Fsp3) is 0.560. The van der Waals surface area contributed by atoms with E-state index in [1.54, 1.807) is 18.5 Å². The molecule has 1 N–H and O–H groups in total. The predicted octanol–water partition coefficient (Wildman–Crippen LogP) is 2.60. The molecule has 0 bridgehead atoms. The van der Waals surface area contributed by atoms with E-state index in [2.05, 4.69) is 31.1 Å². The standard InChI is InChI=1S/C25H32N6O3/c1-18-23(15-28-29-25(18)33)31-10-3-5-21(31)17-34-11-8-22(32)12-19-4-2-9-30(16-19)24-7-6-20(13-26)14-27-24/h6-7,14-15,19,21H,2-5,8-12,16-17H2,1H3,(H,29,33)/t19?,21-/m0/s1. The van der Waals surface area contributed by atoms with Crippen molar-refractivity contribution >= 4 is 17.3 Å². The summed E-state index contributed by atoms with van der Waals surface area (Å²) in [5.74, 6) is 1.42. The third-order valence-electron chi connectivity index (χ3n) is 6.84. The molecule has 180 valence electrons. The number of carbonyl (C=O) groups excluding carboxylic acids is 1. The van der Waals surface area contributed by atoms with Crippen LogP contribution >= 0.6 is 0 Å². The molecular weight excluding hydrogens is 432 g/mol. The van der Waals surface area contributed by atoms with Crippen molar-refractivity contribution in [2.24, 2.45) is 5.92 Å². The Balaban J connectivity index is 1.20. The maximum absolute atomic E-state index is 12.6. The first-order valence-corrected chi connectivity index (χ1v) is 12.1. The number of nitrogens with one attached hydrogen (secondary N) is 1. The number of carbonyl (C=O) groups is 1. The first kappa shape index (κ1) is 23.9. The summed E-state index contributed by atoms with van der Waals surface area (Å²) < 4.78 is 5.90. The lowest BCUT2D eigenvalue weighted by Gasteiger charge is -2.33. The van der Waals surface area contributed by atoms with Gasteiger partial charge in [0.1, 0.15) is 17.7 Å². The molecule has 0 amide bonds. The van der Waals surface area contributed by atoms with Gasteiger partial charge in [-0.1, -0.05) is 0 Å². The molecule has 2 aromatic heterocycles. The number of H-pyrrole nitrogens is 1. The molecule has 4 heterocycles. The largest absolute Gasteiger partial charge is 0.379 e. The van der Waals surface area contributed by atoms with E-state index in [1.807, 2.05) is 13.0 Å². The van der Waals surface area contributed by atoms with Crippen molar-refractivity contribution in [3.8, 4) is 6.07 Å². The molecule has 0 saturated carbocycles. The Morgan fingerprint density at radius 2 is 2.12 bits per heavy atom. The molecule has 0 aliphatic carbocycles. The summed E-state index contributed by atoms with van der Waals surface area (Å²) in [6.07, 6.45) is 8.41. The zero-order valence-electron chi connectivity index (χ0n) is 19.7. The molecule has 34 heavy (non-hydrogen) atoms. The highest BCUT2D eigenvalue weighted by Crippen LogP contribution is 2.27. The number of aromatic amines is 1. The van der Waals surface area contributed by atoms with Crippen molar-refractivity contribution in [3.05, 3.63) is 46.0 Å². The molecule has 2 aromatic rings. The number of rotatable bonds is 9. The molecule has 0 spiro atoms. The van der Waals surface area contributed by atoms with Crippen LogP contribution in [0, 0.1) is 24.2 Å². The van der Waals surface area contributed by atoms with E-state index in [0.717, 1.165) is 56.8 Å². The Bertz CT molecular complexity index is 1080. The molecule has 2 fully saturated rings. The zero-order chi connectivity index (χ0) is 23.9. The summed E-state index contributed by atoms with van der Waals surface area (Å²) >= 11 is 0. The monoisotopic (exact) mass is 464 g/mol. The van der Waals surface area contributed by atoms with E-state index < -0.39 is 0 Å². The number of ether oxygens (including phenoxy) is 1. The average molecular weight is 465 g/mol. The van der Waals surface area contributed by atoms with Crippen LogP contribution in [0.1, 0.15) is 49.7 Å². The van der Waals surface area contributed by atoms with Crippen LogP contribution in [-0.2, 0) is 9.53 Å². The van der Waals surface area contributed by atoms with Gasteiger partial charge in [0.25, 0.3) is 5.56 Å². The van der Waals surface area contributed by atoms with Gasteiger partial charge >= 0.3 is 0 Å². The highest BCUT2D eigenvalue weighted by Gasteiger charge is 2.27. The van der Waals surface area contributed by atoms with Crippen LogP contribution < -0.4 is 15.4 Å². The fourth-order valence-electron chi connectivity index (χ4n) is 4.97. The lowest BCUT2D eigenvalue weighted by Crippen LogP contribution is -2.37. The van der Waals surface area contributed by atoms with Crippen molar-refractivity contribution in [1.29, 1.82) is 5.26 Å². The summed E-state index contributed by atoms with van der Waals surface area (Å²) in [4.78, 5) is 33.3. The minimum absolute atomic E-state index is 0.161. The molecule has 1 unspecified atom stereocenters. The summed E-state index contributed by atoms with van der Waals surface area (Å²) in [7, 11) is 0. The molecule has 9 nitrogen and oxygen atoms in total. The van der Waals surface area contributed by atoms with Crippen molar-refractivity contribution in [1.82, 2.24) is 15.2 Å². The second kappa shape index (κ2) is 11.3. The van der Waals surface area contributed by atoms with Crippen LogP contribution in [0.15, 0.2) is 29.3 Å². The van der Waals surface area contributed by atoms with Crippen LogP contribution in [0.4, 0.5) is 11.5 Å². The maximum Gasteiger partial charge on any atom is 0.269 e. The number of nitrogens with zero attached hydrogens (tertiary/aromatic N) is 5. The minimum atomic E-state index is -0.161. The number of hydrogen-bond donors (Lipinski definition) is 1.